The minimum atomic E-state index is -1.54. The monoisotopic (exact) mass is 811 g/mol. The van der Waals surface area contributed by atoms with Gasteiger partial charge in [0.25, 0.3) is 0 Å². The summed E-state index contributed by atoms with van der Waals surface area (Å²) in [5, 5.41) is 40.1. The maximum absolute atomic E-state index is 12.8. The molecule has 1 saturated heterocycles. The van der Waals surface area contributed by atoms with Gasteiger partial charge in [-0.3, -0.25) is 4.79 Å². The number of aliphatic hydroxyl groups excluding tert-OH is 4. The van der Waals surface area contributed by atoms with Crippen LogP contribution in [0, 0.1) is 0 Å². The van der Waals surface area contributed by atoms with E-state index in [-0.39, 0.29) is 19.2 Å². The lowest BCUT2D eigenvalue weighted by Gasteiger charge is -2.39. The summed E-state index contributed by atoms with van der Waals surface area (Å²) < 4.78 is 22.8. The third-order valence-corrected chi connectivity index (χ3v) is 11.1. The highest BCUT2D eigenvalue weighted by Crippen LogP contribution is 2.23. The molecule has 336 valence electrons. The number of allylic oxidation sites excluding steroid dienone is 4. The molecule has 6 atom stereocenters. The van der Waals surface area contributed by atoms with Crippen LogP contribution in [0.25, 0.3) is 0 Å². The lowest BCUT2D eigenvalue weighted by atomic mass is 9.99. The smallest absolute Gasteiger partial charge is 0.306 e. The van der Waals surface area contributed by atoms with E-state index >= 15 is 0 Å². The second-order valence-corrected chi connectivity index (χ2v) is 16.6. The van der Waals surface area contributed by atoms with Gasteiger partial charge < -0.3 is 39.4 Å². The highest BCUT2D eigenvalue weighted by Gasteiger charge is 2.44. The summed E-state index contributed by atoms with van der Waals surface area (Å²) in [4.78, 5) is 12.8. The lowest BCUT2D eigenvalue weighted by Crippen LogP contribution is -2.59. The van der Waals surface area contributed by atoms with Gasteiger partial charge in [0, 0.05) is 13.0 Å². The van der Waals surface area contributed by atoms with Crippen molar-refractivity contribution in [3.8, 4) is 0 Å². The molecular formula is C48H90O9. The molecule has 1 heterocycles. The van der Waals surface area contributed by atoms with Crippen LogP contribution in [-0.4, -0.2) is 89.6 Å². The zero-order chi connectivity index (χ0) is 41.4. The van der Waals surface area contributed by atoms with E-state index in [1.54, 1.807) is 0 Å². The zero-order valence-corrected chi connectivity index (χ0v) is 36.9. The van der Waals surface area contributed by atoms with E-state index in [0.717, 1.165) is 44.9 Å². The fraction of sp³-hybridized carbons (Fsp3) is 0.896. The van der Waals surface area contributed by atoms with Crippen molar-refractivity contribution in [2.24, 2.45) is 0 Å². The molecule has 1 aliphatic heterocycles. The first kappa shape index (κ1) is 53.7. The first-order valence-electron chi connectivity index (χ1n) is 23.9. The van der Waals surface area contributed by atoms with Crippen molar-refractivity contribution in [3.63, 3.8) is 0 Å². The molecule has 1 rings (SSSR count). The predicted molar refractivity (Wildman–Crippen MR) is 233 cm³/mol. The van der Waals surface area contributed by atoms with Gasteiger partial charge in [-0.1, -0.05) is 167 Å². The number of esters is 1. The van der Waals surface area contributed by atoms with Gasteiger partial charge in [0.05, 0.1) is 19.8 Å². The quantitative estimate of drug-likeness (QED) is 0.0270. The average Bonchev–Trinajstić information content (AvgIpc) is 3.21. The topological polar surface area (TPSA) is 135 Å². The van der Waals surface area contributed by atoms with Gasteiger partial charge >= 0.3 is 5.97 Å². The maximum Gasteiger partial charge on any atom is 0.306 e. The molecule has 0 bridgehead atoms. The average molecular weight is 811 g/mol. The molecule has 0 aromatic carbocycles. The second kappa shape index (κ2) is 40.1. The molecule has 0 aromatic heterocycles. The Morgan fingerprint density at radius 1 is 0.544 bits per heavy atom. The summed E-state index contributed by atoms with van der Waals surface area (Å²) in [6.07, 6.45) is 39.2. The fourth-order valence-electron chi connectivity index (χ4n) is 7.31. The van der Waals surface area contributed by atoms with Crippen LogP contribution in [0.3, 0.4) is 0 Å². The molecule has 0 spiro atoms. The Morgan fingerprint density at radius 3 is 1.42 bits per heavy atom. The van der Waals surface area contributed by atoms with E-state index in [9.17, 15) is 25.2 Å². The Morgan fingerprint density at radius 2 is 0.965 bits per heavy atom. The SMILES string of the molecule is CCCCCCCC/C=C\CCCCCCCCCCOCC(COC1OC(CO)C(O)C(O)C1O)OC(=O)CCCCCCC/C=C\CCCCCCCCC. The molecule has 1 fully saturated rings. The second-order valence-electron chi connectivity index (χ2n) is 16.6. The summed E-state index contributed by atoms with van der Waals surface area (Å²) >= 11 is 0. The summed E-state index contributed by atoms with van der Waals surface area (Å²) in [5.41, 5.74) is 0. The normalized spacial score (nSPS) is 20.6. The summed E-state index contributed by atoms with van der Waals surface area (Å²) in [5.74, 6) is -0.321. The highest BCUT2D eigenvalue weighted by atomic mass is 16.7. The van der Waals surface area contributed by atoms with Crippen molar-refractivity contribution in [2.45, 2.75) is 250 Å². The molecule has 0 aliphatic carbocycles. The van der Waals surface area contributed by atoms with Crippen LogP contribution in [0.2, 0.25) is 0 Å². The molecular weight excluding hydrogens is 721 g/mol. The Kier molecular flexibility index (Phi) is 37.8. The van der Waals surface area contributed by atoms with E-state index in [4.69, 9.17) is 18.9 Å². The predicted octanol–water partition coefficient (Wildman–Crippen LogP) is 11.0. The molecule has 4 N–H and O–H groups in total. The summed E-state index contributed by atoms with van der Waals surface area (Å²) in [6, 6.07) is 0. The van der Waals surface area contributed by atoms with Crippen LogP contribution in [0.15, 0.2) is 24.3 Å². The molecule has 9 nitrogen and oxygen atoms in total. The number of unbranched alkanes of at least 4 members (excludes halogenated alkanes) is 26. The van der Waals surface area contributed by atoms with Gasteiger partial charge in [-0.05, 0) is 64.2 Å². The van der Waals surface area contributed by atoms with Gasteiger partial charge in [-0.2, -0.15) is 0 Å². The van der Waals surface area contributed by atoms with Crippen LogP contribution < -0.4 is 0 Å². The standard InChI is InChI=1S/C48H90O9/c1-3-5-7-9-11-13-15-17-19-21-22-24-26-28-30-32-34-36-38-54-40-42(41-55-48-47(53)46(52)45(51)43(39-49)57-48)56-44(50)37-35-33-31-29-27-25-23-20-18-16-14-12-10-8-6-4-2/h17,19-20,23,42-43,45-49,51-53H,3-16,18,21-22,24-41H2,1-2H3/b19-17-,23-20-. The third kappa shape index (κ3) is 31.2. The first-order valence-corrected chi connectivity index (χ1v) is 23.9. The first-order chi connectivity index (χ1) is 27.9. The molecule has 9 heteroatoms. The van der Waals surface area contributed by atoms with Crippen molar-refractivity contribution >= 4 is 5.97 Å². The number of hydrogen-bond donors (Lipinski definition) is 4. The Balaban J connectivity index is 2.24. The Labute approximate surface area is 349 Å². The Bertz CT molecular complexity index is 926. The summed E-state index contributed by atoms with van der Waals surface area (Å²) in [7, 11) is 0. The van der Waals surface area contributed by atoms with Crippen molar-refractivity contribution in [1.29, 1.82) is 0 Å². The molecule has 57 heavy (non-hydrogen) atoms. The summed E-state index contributed by atoms with van der Waals surface area (Å²) in [6.45, 7) is 4.56. The van der Waals surface area contributed by atoms with Crippen molar-refractivity contribution in [3.05, 3.63) is 24.3 Å². The molecule has 0 radical (unpaired) electrons. The van der Waals surface area contributed by atoms with Crippen LogP contribution in [0.1, 0.15) is 213 Å². The number of aliphatic hydroxyl groups is 4. The van der Waals surface area contributed by atoms with E-state index in [1.165, 1.54) is 148 Å². The van der Waals surface area contributed by atoms with Gasteiger partial charge in [0.2, 0.25) is 0 Å². The van der Waals surface area contributed by atoms with Crippen LogP contribution >= 0.6 is 0 Å². The highest BCUT2D eigenvalue weighted by molar-refractivity contribution is 5.69. The van der Waals surface area contributed by atoms with E-state index < -0.39 is 43.4 Å². The third-order valence-electron chi connectivity index (χ3n) is 11.1. The number of hydrogen-bond acceptors (Lipinski definition) is 9. The van der Waals surface area contributed by atoms with Gasteiger partial charge in [-0.15, -0.1) is 0 Å². The number of carbonyl (C=O) groups is 1. The number of rotatable bonds is 41. The molecule has 0 saturated carbocycles. The van der Waals surface area contributed by atoms with Gasteiger partial charge in [-0.25, -0.2) is 0 Å². The van der Waals surface area contributed by atoms with Crippen LogP contribution in [0.5, 0.6) is 0 Å². The number of carbonyl (C=O) groups excluding carboxylic acids is 1. The van der Waals surface area contributed by atoms with Crippen LogP contribution in [0.4, 0.5) is 0 Å². The minimum absolute atomic E-state index is 0.115. The number of ether oxygens (including phenoxy) is 4. The van der Waals surface area contributed by atoms with Crippen molar-refractivity contribution < 1.29 is 44.2 Å². The zero-order valence-electron chi connectivity index (χ0n) is 36.9. The molecule has 0 aromatic rings. The maximum atomic E-state index is 12.8. The van der Waals surface area contributed by atoms with Crippen molar-refractivity contribution in [1.82, 2.24) is 0 Å². The van der Waals surface area contributed by atoms with E-state index in [0.29, 0.717) is 13.0 Å². The van der Waals surface area contributed by atoms with Gasteiger partial charge in [0.15, 0.2) is 6.29 Å². The molecule has 6 unspecified atom stereocenters. The van der Waals surface area contributed by atoms with Gasteiger partial charge in [0.1, 0.15) is 30.5 Å². The lowest BCUT2D eigenvalue weighted by molar-refractivity contribution is -0.305. The van der Waals surface area contributed by atoms with E-state index in [1.807, 2.05) is 0 Å². The molecule has 0 amide bonds. The molecule has 1 aliphatic rings. The van der Waals surface area contributed by atoms with E-state index in [2.05, 4.69) is 38.2 Å². The fourth-order valence-corrected chi connectivity index (χ4v) is 7.31. The van der Waals surface area contributed by atoms with Crippen LogP contribution in [-0.2, 0) is 23.7 Å². The largest absolute Gasteiger partial charge is 0.457 e. The minimum Gasteiger partial charge on any atom is -0.457 e. The Hall–Kier alpha value is -1.33. The van der Waals surface area contributed by atoms with Crippen molar-refractivity contribution in [2.75, 3.05) is 26.4 Å².